The second-order valence-corrected chi connectivity index (χ2v) is 7.03. The Bertz CT molecular complexity index is 753. The number of benzene rings is 2. The topological polar surface area (TPSA) is 62.2 Å². The molecular weight excluding hydrogens is 356 g/mol. The second-order valence-electron chi connectivity index (χ2n) is 7.03. The number of hydrogen-bond acceptors (Lipinski definition) is 6. The van der Waals surface area contributed by atoms with E-state index in [1.165, 1.54) is 12.6 Å². The van der Waals surface area contributed by atoms with Crippen LogP contribution in [-0.4, -0.2) is 68.3 Å². The summed E-state index contributed by atoms with van der Waals surface area (Å²) in [6, 6.07) is 15.1. The van der Waals surface area contributed by atoms with Crippen molar-refractivity contribution in [2.75, 3.05) is 51.3 Å². The van der Waals surface area contributed by atoms with Gasteiger partial charge in [-0.15, -0.1) is 0 Å². The molecule has 1 N–H and O–H groups in total. The number of methoxy groups -OCH3 is 1. The summed E-state index contributed by atoms with van der Waals surface area (Å²) < 4.78 is 10.9. The van der Waals surface area contributed by atoms with Crippen LogP contribution in [0.1, 0.15) is 17.3 Å². The lowest BCUT2D eigenvalue weighted by Gasteiger charge is -2.36. The highest BCUT2D eigenvalue weighted by molar-refractivity contribution is 5.94. The fraction of sp³-hybridized carbons (Fsp3) is 0.409. The van der Waals surface area contributed by atoms with Crippen LogP contribution >= 0.6 is 0 Å². The molecular formula is C22H28N2O4. The summed E-state index contributed by atoms with van der Waals surface area (Å²) in [5, 5.41) is 10.3. The van der Waals surface area contributed by atoms with Crippen LogP contribution in [0.5, 0.6) is 11.5 Å². The number of aliphatic hydroxyl groups is 1. The third-order valence-electron chi connectivity index (χ3n) is 4.98. The summed E-state index contributed by atoms with van der Waals surface area (Å²) >= 11 is 0. The van der Waals surface area contributed by atoms with Crippen molar-refractivity contribution in [3.05, 3.63) is 54.1 Å². The monoisotopic (exact) mass is 384 g/mol. The Kier molecular flexibility index (Phi) is 6.90. The average Bonchev–Trinajstić information content (AvgIpc) is 2.73. The molecule has 1 fully saturated rings. The zero-order chi connectivity index (χ0) is 19.9. The molecule has 1 atom stereocenters. The average molecular weight is 384 g/mol. The first-order valence-electron chi connectivity index (χ1n) is 9.58. The minimum Gasteiger partial charge on any atom is -0.497 e. The van der Waals surface area contributed by atoms with Gasteiger partial charge in [-0.2, -0.15) is 0 Å². The number of hydrogen-bond donors (Lipinski definition) is 1. The van der Waals surface area contributed by atoms with Gasteiger partial charge in [-0.05, 0) is 55.5 Å². The molecule has 0 radical (unpaired) electrons. The van der Waals surface area contributed by atoms with E-state index < -0.39 is 6.10 Å². The highest BCUT2D eigenvalue weighted by atomic mass is 16.5. The summed E-state index contributed by atoms with van der Waals surface area (Å²) in [4.78, 5) is 15.9. The minimum atomic E-state index is -0.556. The Labute approximate surface area is 166 Å². The molecule has 28 heavy (non-hydrogen) atoms. The van der Waals surface area contributed by atoms with Crippen molar-refractivity contribution < 1.29 is 19.4 Å². The molecule has 1 aliphatic rings. The van der Waals surface area contributed by atoms with E-state index in [0.717, 1.165) is 31.9 Å². The smallest absolute Gasteiger partial charge is 0.159 e. The van der Waals surface area contributed by atoms with Gasteiger partial charge in [0.05, 0.1) is 7.11 Å². The molecule has 1 heterocycles. The van der Waals surface area contributed by atoms with Crippen LogP contribution in [0, 0.1) is 0 Å². The standard InChI is InChI=1S/C22H28N2O4/c1-17(25)18-3-7-22(8-4-18)28-16-20(26)15-23-11-13-24(14-12-23)19-5-9-21(27-2)10-6-19/h3-10,20,26H,11-16H2,1-2H3/t20-/m1/s1. The summed E-state index contributed by atoms with van der Waals surface area (Å²) in [7, 11) is 1.67. The van der Waals surface area contributed by atoms with Crippen molar-refractivity contribution >= 4 is 11.5 Å². The molecule has 0 spiro atoms. The van der Waals surface area contributed by atoms with E-state index in [9.17, 15) is 9.90 Å². The predicted octanol–water partition coefficient (Wildman–Crippen LogP) is 2.46. The Morgan fingerprint density at radius 3 is 2.18 bits per heavy atom. The minimum absolute atomic E-state index is 0.0281. The largest absolute Gasteiger partial charge is 0.497 e. The van der Waals surface area contributed by atoms with Crippen molar-refractivity contribution in [2.45, 2.75) is 13.0 Å². The lowest BCUT2D eigenvalue weighted by Crippen LogP contribution is -2.49. The van der Waals surface area contributed by atoms with Crippen LogP contribution in [-0.2, 0) is 0 Å². The lowest BCUT2D eigenvalue weighted by atomic mass is 10.1. The number of Topliss-reactive ketones (excluding diaryl/α,β-unsaturated/α-hetero) is 1. The lowest BCUT2D eigenvalue weighted by molar-refractivity contribution is 0.0663. The number of anilines is 1. The van der Waals surface area contributed by atoms with E-state index in [2.05, 4.69) is 21.9 Å². The molecule has 1 saturated heterocycles. The molecule has 2 aromatic rings. The summed E-state index contributed by atoms with van der Waals surface area (Å²) in [6.07, 6.45) is -0.556. The molecule has 150 valence electrons. The van der Waals surface area contributed by atoms with E-state index in [-0.39, 0.29) is 12.4 Å². The SMILES string of the molecule is COc1ccc(N2CCN(C[C@@H](O)COc3ccc(C(C)=O)cc3)CC2)cc1. The molecule has 0 amide bonds. The number of carbonyl (C=O) groups is 1. The Hall–Kier alpha value is -2.57. The van der Waals surface area contributed by atoms with Crippen molar-refractivity contribution in [3.8, 4) is 11.5 Å². The van der Waals surface area contributed by atoms with Crippen LogP contribution in [0.4, 0.5) is 5.69 Å². The number of carbonyl (C=O) groups excluding carboxylic acids is 1. The molecule has 6 nitrogen and oxygen atoms in total. The van der Waals surface area contributed by atoms with E-state index in [4.69, 9.17) is 9.47 Å². The first kappa shape index (κ1) is 20.2. The molecule has 3 rings (SSSR count). The number of β-amino-alcohol motifs (C(OH)–C–C–N with tert-alkyl or cyclic N) is 1. The highest BCUT2D eigenvalue weighted by Crippen LogP contribution is 2.20. The Balaban J connectivity index is 1.40. The van der Waals surface area contributed by atoms with Crippen molar-refractivity contribution in [1.29, 1.82) is 0 Å². The molecule has 0 bridgehead atoms. The molecule has 0 saturated carbocycles. The maximum atomic E-state index is 11.3. The fourth-order valence-electron chi connectivity index (χ4n) is 3.31. The van der Waals surface area contributed by atoms with Crippen molar-refractivity contribution in [2.24, 2.45) is 0 Å². The fourth-order valence-corrected chi connectivity index (χ4v) is 3.31. The molecule has 0 aliphatic carbocycles. The molecule has 0 aromatic heterocycles. The quantitative estimate of drug-likeness (QED) is 0.706. The van der Waals surface area contributed by atoms with E-state index >= 15 is 0 Å². The van der Waals surface area contributed by atoms with Gasteiger partial charge in [0.2, 0.25) is 0 Å². The van der Waals surface area contributed by atoms with Crippen molar-refractivity contribution in [1.82, 2.24) is 4.90 Å². The number of piperazine rings is 1. The Morgan fingerprint density at radius 2 is 1.61 bits per heavy atom. The van der Waals surface area contributed by atoms with E-state index in [1.807, 2.05) is 12.1 Å². The van der Waals surface area contributed by atoms with Gasteiger partial charge in [-0.1, -0.05) is 0 Å². The first-order chi connectivity index (χ1) is 13.5. The van der Waals surface area contributed by atoms with Crippen LogP contribution in [0.25, 0.3) is 0 Å². The summed E-state index contributed by atoms with van der Waals surface area (Å²) in [5.74, 6) is 1.55. The van der Waals surface area contributed by atoms with Crippen molar-refractivity contribution in [3.63, 3.8) is 0 Å². The maximum Gasteiger partial charge on any atom is 0.159 e. The first-order valence-corrected chi connectivity index (χ1v) is 9.58. The predicted molar refractivity (Wildman–Crippen MR) is 110 cm³/mol. The van der Waals surface area contributed by atoms with Gasteiger partial charge in [0, 0.05) is 44.0 Å². The van der Waals surface area contributed by atoms with Gasteiger partial charge in [-0.3, -0.25) is 9.69 Å². The van der Waals surface area contributed by atoms with Gasteiger partial charge in [0.15, 0.2) is 5.78 Å². The van der Waals surface area contributed by atoms with Gasteiger partial charge >= 0.3 is 0 Å². The molecule has 0 unspecified atom stereocenters. The van der Waals surface area contributed by atoms with E-state index in [0.29, 0.717) is 17.9 Å². The third-order valence-corrected chi connectivity index (χ3v) is 4.98. The molecule has 6 heteroatoms. The third kappa shape index (κ3) is 5.47. The number of rotatable bonds is 8. The zero-order valence-corrected chi connectivity index (χ0v) is 16.5. The summed E-state index contributed by atoms with van der Waals surface area (Å²) in [5.41, 5.74) is 1.85. The molecule has 1 aliphatic heterocycles. The van der Waals surface area contributed by atoms with Crippen LogP contribution < -0.4 is 14.4 Å². The van der Waals surface area contributed by atoms with Gasteiger partial charge < -0.3 is 19.5 Å². The van der Waals surface area contributed by atoms with Crippen LogP contribution in [0.15, 0.2) is 48.5 Å². The number of ether oxygens (including phenoxy) is 2. The van der Waals surface area contributed by atoms with Gasteiger partial charge in [-0.25, -0.2) is 0 Å². The highest BCUT2D eigenvalue weighted by Gasteiger charge is 2.20. The van der Waals surface area contributed by atoms with Crippen LogP contribution in [0.2, 0.25) is 0 Å². The van der Waals surface area contributed by atoms with Gasteiger partial charge in [0.1, 0.15) is 24.2 Å². The number of aliphatic hydroxyl groups excluding tert-OH is 1. The maximum absolute atomic E-state index is 11.3. The summed E-state index contributed by atoms with van der Waals surface area (Å²) in [6.45, 7) is 6.00. The van der Waals surface area contributed by atoms with Crippen LogP contribution in [0.3, 0.4) is 0 Å². The molecule has 2 aromatic carbocycles. The normalized spacial score (nSPS) is 15.9. The number of ketones is 1. The van der Waals surface area contributed by atoms with Gasteiger partial charge in [0.25, 0.3) is 0 Å². The second kappa shape index (κ2) is 9.57. The van der Waals surface area contributed by atoms with E-state index in [1.54, 1.807) is 31.4 Å². The zero-order valence-electron chi connectivity index (χ0n) is 16.5. The Morgan fingerprint density at radius 1 is 1.00 bits per heavy atom. The number of nitrogens with zero attached hydrogens (tertiary/aromatic N) is 2.